The molecule has 0 saturated heterocycles. The Hall–Kier alpha value is -2.30. The Morgan fingerprint density at radius 1 is 1.35 bits per heavy atom. The Bertz CT molecular complexity index is 595. The van der Waals surface area contributed by atoms with E-state index in [1.165, 1.54) is 0 Å². The lowest BCUT2D eigenvalue weighted by Gasteiger charge is -2.23. The number of nitrogens with zero attached hydrogens (tertiary/aromatic N) is 3. The van der Waals surface area contributed by atoms with E-state index in [2.05, 4.69) is 5.10 Å². The van der Waals surface area contributed by atoms with Crippen LogP contribution in [-0.2, 0) is 11.3 Å². The number of aromatic nitrogens is 2. The van der Waals surface area contributed by atoms with Gasteiger partial charge in [0.05, 0.1) is 6.54 Å². The molecule has 5 nitrogen and oxygen atoms in total. The summed E-state index contributed by atoms with van der Waals surface area (Å²) in [4.78, 5) is 14.4. The summed E-state index contributed by atoms with van der Waals surface area (Å²) in [6, 6.07) is 9.38. The van der Waals surface area contributed by atoms with Crippen LogP contribution in [0.5, 0.6) is 5.75 Å². The van der Waals surface area contributed by atoms with Crippen LogP contribution in [0.4, 0.5) is 0 Å². The van der Waals surface area contributed by atoms with Crippen molar-refractivity contribution in [3.63, 3.8) is 0 Å². The maximum atomic E-state index is 12.6. The highest BCUT2D eigenvalue weighted by Crippen LogP contribution is 2.23. The van der Waals surface area contributed by atoms with E-state index in [1.54, 1.807) is 10.9 Å². The molecular formula is C15H17N3O2. The molecule has 0 saturated carbocycles. The van der Waals surface area contributed by atoms with Crippen LogP contribution in [-0.4, -0.2) is 33.7 Å². The van der Waals surface area contributed by atoms with E-state index >= 15 is 0 Å². The molecule has 5 heteroatoms. The molecule has 0 bridgehead atoms. The Balaban J connectivity index is 1.79. The number of fused-ring (bicyclic) bond motifs is 1. The summed E-state index contributed by atoms with van der Waals surface area (Å²) in [6.07, 6.45) is 3.50. The van der Waals surface area contributed by atoms with Crippen molar-refractivity contribution in [3.05, 3.63) is 48.3 Å². The van der Waals surface area contributed by atoms with Crippen molar-refractivity contribution in [1.82, 2.24) is 14.7 Å². The molecule has 0 N–H and O–H groups in total. The summed E-state index contributed by atoms with van der Waals surface area (Å²) in [7, 11) is 0. The van der Waals surface area contributed by atoms with Crippen LogP contribution < -0.4 is 4.74 Å². The molecule has 3 rings (SSSR count). The first-order valence-electron chi connectivity index (χ1n) is 6.74. The maximum absolute atomic E-state index is 12.6. The minimum Gasteiger partial charge on any atom is -0.491 e. The summed E-state index contributed by atoms with van der Waals surface area (Å²) >= 11 is 0. The monoisotopic (exact) mass is 271 g/mol. The zero-order chi connectivity index (χ0) is 13.9. The van der Waals surface area contributed by atoms with Gasteiger partial charge in [-0.05, 0) is 19.1 Å². The number of hydrogen-bond donors (Lipinski definition) is 0. The molecule has 2 heterocycles. The average molecular weight is 271 g/mol. The smallest absolute Gasteiger partial charge is 0.247 e. The van der Waals surface area contributed by atoms with E-state index in [1.807, 2.05) is 48.4 Å². The highest BCUT2D eigenvalue weighted by molar-refractivity contribution is 5.80. The third-order valence-electron chi connectivity index (χ3n) is 3.54. The van der Waals surface area contributed by atoms with Gasteiger partial charge in [0.2, 0.25) is 5.91 Å². The molecule has 0 fully saturated rings. The molecule has 1 atom stereocenters. The Labute approximate surface area is 117 Å². The van der Waals surface area contributed by atoms with Crippen LogP contribution in [0.3, 0.4) is 0 Å². The number of benzene rings is 1. The zero-order valence-corrected chi connectivity index (χ0v) is 11.4. The molecule has 1 unspecified atom stereocenters. The number of amides is 1. The van der Waals surface area contributed by atoms with Gasteiger partial charge in [-0.25, -0.2) is 0 Å². The molecule has 0 radical (unpaired) electrons. The van der Waals surface area contributed by atoms with Crippen molar-refractivity contribution in [3.8, 4) is 5.75 Å². The molecule has 104 valence electrons. The third-order valence-corrected chi connectivity index (χ3v) is 3.54. The predicted octanol–water partition coefficient (Wildman–Crippen LogP) is 1.87. The Kier molecular flexibility index (Phi) is 3.41. The van der Waals surface area contributed by atoms with Gasteiger partial charge >= 0.3 is 0 Å². The van der Waals surface area contributed by atoms with E-state index in [9.17, 15) is 4.79 Å². The van der Waals surface area contributed by atoms with E-state index in [4.69, 9.17) is 4.74 Å². The second kappa shape index (κ2) is 5.36. The van der Waals surface area contributed by atoms with E-state index in [-0.39, 0.29) is 11.9 Å². The normalized spacial score (nSPS) is 15.9. The maximum Gasteiger partial charge on any atom is 0.247 e. The summed E-state index contributed by atoms with van der Waals surface area (Å²) in [6.45, 7) is 3.57. The van der Waals surface area contributed by atoms with Gasteiger partial charge in [0.15, 0.2) is 0 Å². The van der Waals surface area contributed by atoms with Gasteiger partial charge in [-0.2, -0.15) is 5.10 Å². The lowest BCUT2D eigenvalue weighted by Crippen LogP contribution is -2.37. The third kappa shape index (κ3) is 2.39. The number of ether oxygens (including phenoxy) is 1. The van der Waals surface area contributed by atoms with Gasteiger partial charge in [-0.15, -0.1) is 0 Å². The largest absolute Gasteiger partial charge is 0.491 e. The lowest BCUT2D eigenvalue weighted by atomic mass is 10.2. The second-order valence-electron chi connectivity index (χ2n) is 4.88. The molecule has 0 aliphatic carbocycles. The molecule has 1 aromatic carbocycles. The van der Waals surface area contributed by atoms with Crippen molar-refractivity contribution in [2.45, 2.75) is 19.5 Å². The quantitative estimate of drug-likeness (QED) is 0.837. The minimum atomic E-state index is -0.296. The van der Waals surface area contributed by atoms with Gasteiger partial charge in [0.25, 0.3) is 0 Å². The van der Waals surface area contributed by atoms with E-state index in [0.717, 1.165) is 11.3 Å². The number of para-hydroxylation sites is 1. The first-order valence-corrected chi connectivity index (χ1v) is 6.74. The first kappa shape index (κ1) is 12.7. The van der Waals surface area contributed by atoms with Crippen LogP contribution in [0.1, 0.15) is 18.5 Å². The number of rotatable bonds is 2. The summed E-state index contributed by atoms with van der Waals surface area (Å²) in [5, 5.41) is 4.14. The number of carbonyl (C=O) groups excluding carboxylic acids is 1. The van der Waals surface area contributed by atoms with Crippen LogP contribution in [0, 0.1) is 0 Å². The second-order valence-corrected chi connectivity index (χ2v) is 4.88. The van der Waals surface area contributed by atoms with Crippen LogP contribution in [0.25, 0.3) is 0 Å². The SMILES string of the molecule is CC(C(=O)N1CCOc2ccccc2C1)n1cccn1. The van der Waals surface area contributed by atoms with Crippen molar-refractivity contribution in [2.75, 3.05) is 13.2 Å². The van der Waals surface area contributed by atoms with E-state index in [0.29, 0.717) is 19.7 Å². The predicted molar refractivity (Wildman–Crippen MR) is 74.3 cm³/mol. The van der Waals surface area contributed by atoms with Crippen molar-refractivity contribution in [1.29, 1.82) is 0 Å². The molecular weight excluding hydrogens is 254 g/mol. The van der Waals surface area contributed by atoms with Crippen molar-refractivity contribution in [2.24, 2.45) is 0 Å². The van der Waals surface area contributed by atoms with Crippen molar-refractivity contribution >= 4 is 5.91 Å². The van der Waals surface area contributed by atoms with Gasteiger partial charge in [0.1, 0.15) is 18.4 Å². The van der Waals surface area contributed by atoms with Crippen LogP contribution in [0.15, 0.2) is 42.7 Å². The van der Waals surface area contributed by atoms with Gasteiger partial charge in [-0.3, -0.25) is 9.48 Å². The topological polar surface area (TPSA) is 47.4 Å². The molecule has 1 aliphatic heterocycles. The summed E-state index contributed by atoms with van der Waals surface area (Å²) in [5.41, 5.74) is 1.05. The van der Waals surface area contributed by atoms with Crippen LogP contribution >= 0.6 is 0 Å². The number of hydrogen-bond acceptors (Lipinski definition) is 3. The summed E-state index contributed by atoms with van der Waals surface area (Å²) in [5.74, 6) is 0.934. The highest BCUT2D eigenvalue weighted by Gasteiger charge is 2.24. The minimum absolute atomic E-state index is 0.0639. The zero-order valence-electron chi connectivity index (χ0n) is 11.4. The molecule has 1 aromatic heterocycles. The number of carbonyl (C=O) groups is 1. The average Bonchev–Trinajstić information content (AvgIpc) is 2.92. The van der Waals surface area contributed by atoms with Crippen molar-refractivity contribution < 1.29 is 9.53 Å². The highest BCUT2D eigenvalue weighted by atomic mass is 16.5. The van der Waals surface area contributed by atoms with Gasteiger partial charge in [-0.1, -0.05) is 18.2 Å². The fraction of sp³-hybridized carbons (Fsp3) is 0.333. The van der Waals surface area contributed by atoms with E-state index < -0.39 is 0 Å². The fourth-order valence-corrected chi connectivity index (χ4v) is 2.40. The first-order chi connectivity index (χ1) is 9.75. The molecule has 1 aliphatic rings. The summed E-state index contributed by atoms with van der Waals surface area (Å²) < 4.78 is 7.36. The molecule has 2 aromatic rings. The van der Waals surface area contributed by atoms with Crippen LogP contribution in [0.2, 0.25) is 0 Å². The molecule has 0 spiro atoms. The molecule has 1 amide bonds. The Morgan fingerprint density at radius 3 is 3.00 bits per heavy atom. The Morgan fingerprint density at radius 2 is 2.20 bits per heavy atom. The lowest BCUT2D eigenvalue weighted by molar-refractivity contribution is -0.135. The standard InChI is InChI=1S/C15H17N3O2/c1-12(18-8-4-7-16-18)15(19)17-9-10-20-14-6-3-2-5-13(14)11-17/h2-8,12H,9-11H2,1H3. The fourth-order valence-electron chi connectivity index (χ4n) is 2.40. The van der Waals surface area contributed by atoms with Gasteiger partial charge < -0.3 is 9.64 Å². The molecule has 20 heavy (non-hydrogen) atoms. The van der Waals surface area contributed by atoms with Gasteiger partial charge in [0, 0.05) is 24.5 Å².